The number of nitrogens with zero attached hydrogens (tertiary/aromatic N) is 3. The van der Waals surface area contributed by atoms with Crippen LogP contribution in [0.2, 0.25) is 0 Å². The largest absolute Gasteiger partial charge is 0.378 e. The number of para-hydroxylation sites is 1. The van der Waals surface area contributed by atoms with Gasteiger partial charge in [0.1, 0.15) is 0 Å². The Balaban J connectivity index is 1.37. The smallest absolute Gasteiger partial charge is 0.266 e. The van der Waals surface area contributed by atoms with E-state index < -0.39 is 0 Å². The lowest BCUT2D eigenvalue weighted by Gasteiger charge is -2.28. The number of aryl methyl sites for hydroxylation is 1. The number of amides is 1. The SMILES string of the molecule is Cc1cccc(-n2c(SCC(=O)Nc3ccc(N4CCOCC4)cc3)nc3ccccc3c2=O)c1C. The van der Waals surface area contributed by atoms with Gasteiger partial charge < -0.3 is 15.0 Å². The number of ether oxygens (including phenoxy) is 1. The number of hydrogen-bond acceptors (Lipinski definition) is 6. The first-order valence-corrected chi connectivity index (χ1v) is 12.9. The van der Waals surface area contributed by atoms with Crippen LogP contribution in [0.25, 0.3) is 16.6 Å². The Kier molecular flexibility index (Phi) is 7.06. The van der Waals surface area contributed by atoms with E-state index in [1.54, 1.807) is 10.6 Å². The van der Waals surface area contributed by atoms with Gasteiger partial charge >= 0.3 is 0 Å². The van der Waals surface area contributed by atoms with Gasteiger partial charge in [-0.15, -0.1) is 0 Å². The fraction of sp³-hybridized carbons (Fsp3) is 0.250. The van der Waals surface area contributed by atoms with Crippen molar-refractivity contribution in [3.63, 3.8) is 0 Å². The van der Waals surface area contributed by atoms with E-state index in [0.717, 1.165) is 54.5 Å². The Bertz CT molecular complexity index is 1460. The van der Waals surface area contributed by atoms with Gasteiger partial charge in [0.05, 0.1) is 35.6 Å². The van der Waals surface area contributed by atoms with E-state index in [0.29, 0.717) is 16.1 Å². The third-order valence-electron chi connectivity index (χ3n) is 6.42. The Labute approximate surface area is 214 Å². The van der Waals surface area contributed by atoms with Crippen LogP contribution in [0.1, 0.15) is 11.1 Å². The molecule has 0 saturated carbocycles. The summed E-state index contributed by atoms with van der Waals surface area (Å²) in [5.41, 5.74) is 5.19. The number of fused-ring (bicyclic) bond motifs is 1. The molecule has 0 aliphatic carbocycles. The molecule has 0 radical (unpaired) electrons. The van der Waals surface area contributed by atoms with Crippen molar-refractivity contribution < 1.29 is 9.53 Å². The fourth-order valence-electron chi connectivity index (χ4n) is 4.30. The zero-order valence-corrected chi connectivity index (χ0v) is 21.2. The second kappa shape index (κ2) is 10.6. The van der Waals surface area contributed by atoms with E-state index in [9.17, 15) is 9.59 Å². The number of benzene rings is 3. The summed E-state index contributed by atoms with van der Waals surface area (Å²) in [6, 6.07) is 21.0. The number of rotatable bonds is 6. The van der Waals surface area contributed by atoms with Crippen molar-refractivity contribution in [1.29, 1.82) is 0 Å². The lowest BCUT2D eigenvalue weighted by atomic mass is 10.1. The minimum Gasteiger partial charge on any atom is -0.378 e. The van der Waals surface area contributed by atoms with Crippen LogP contribution >= 0.6 is 11.8 Å². The standard InChI is InChI=1S/C28H28N4O3S/c1-19-6-5-9-25(20(19)2)32-27(34)23-7-3-4-8-24(23)30-28(32)36-18-26(33)29-21-10-12-22(13-11-21)31-14-16-35-17-15-31/h3-13H,14-18H2,1-2H3,(H,29,33). The quantitative estimate of drug-likeness (QED) is 0.309. The van der Waals surface area contributed by atoms with Gasteiger partial charge in [-0.05, 0) is 67.4 Å². The van der Waals surface area contributed by atoms with E-state index in [-0.39, 0.29) is 17.2 Å². The highest BCUT2D eigenvalue weighted by molar-refractivity contribution is 7.99. The van der Waals surface area contributed by atoms with Gasteiger partial charge in [-0.2, -0.15) is 0 Å². The number of carbonyl (C=O) groups excluding carboxylic acids is 1. The maximum absolute atomic E-state index is 13.5. The minimum absolute atomic E-state index is 0.126. The number of hydrogen-bond donors (Lipinski definition) is 1. The average Bonchev–Trinajstić information content (AvgIpc) is 2.90. The van der Waals surface area contributed by atoms with Gasteiger partial charge in [-0.1, -0.05) is 36.0 Å². The first kappa shape index (κ1) is 24.1. The van der Waals surface area contributed by atoms with Crippen molar-refractivity contribution in [3.05, 3.63) is 88.2 Å². The van der Waals surface area contributed by atoms with Crippen molar-refractivity contribution in [1.82, 2.24) is 9.55 Å². The predicted molar refractivity (Wildman–Crippen MR) is 146 cm³/mol. The summed E-state index contributed by atoms with van der Waals surface area (Å²) in [5.74, 6) is -0.0324. The monoisotopic (exact) mass is 500 g/mol. The van der Waals surface area contributed by atoms with E-state index in [2.05, 4.69) is 10.2 Å². The fourth-order valence-corrected chi connectivity index (χ4v) is 5.11. The van der Waals surface area contributed by atoms with E-state index in [1.165, 1.54) is 11.8 Å². The lowest BCUT2D eigenvalue weighted by molar-refractivity contribution is -0.113. The minimum atomic E-state index is -0.158. The van der Waals surface area contributed by atoms with Crippen molar-refractivity contribution in [2.75, 3.05) is 42.3 Å². The maximum atomic E-state index is 13.5. The highest BCUT2D eigenvalue weighted by Crippen LogP contribution is 2.25. The number of thioether (sulfide) groups is 1. The second-order valence-corrected chi connectivity index (χ2v) is 9.70. The summed E-state index contributed by atoms with van der Waals surface area (Å²) >= 11 is 1.26. The molecule has 36 heavy (non-hydrogen) atoms. The highest BCUT2D eigenvalue weighted by Gasteiger charge is 2.17. The molecule has 1 amide bonds. The molecular weight excluding hydrogens is 472 g/mol. The molecule has 0 unspecified atom stereocenters. The summed E-state index contributed by atoms with van der Waals surface area (Å²) in [5, 5.41) is 4.00. The molecule has 0 bridgehead atoms. The molecule has 4 aromatic rings. The van der Waals surface area contributed by atoms with Gasteiger partial charge in [-0.25, -0.2) is 4.98 Å². The molecule has 5 rings (SSSR count). The third-order valence-corrected chi connectivity index (χ3v) is 7.36. The van der Waals surface area contributed by atoms with Crippen LogP contribution in [-0.4, -0.2) is 47.5 Å². The predicted octanol–water partition coefficient (Wildman–Crippen LogP) is 4.57. The van der Waals surface area contributed by atoms with Crippen LogP contribution in [-0.2, 0) is 9.53 Å². The Morgan fingerprint density at radius 1 is 1.00 bits per heavy atom. The van der Waals surface area contributed by atoms with Crippen LogP contribution in [0.4, 0.5) is 11.4 Å². The molecule has 0 spiro atoms. The summed E-state index contributed by atoms with van der Waals surface area (Å²) in [6.07, 6.45) is 0. The highest BCUT2D eigenvalue weighted by atomic mass is 32.2. The summed E-state index contributed by atoms with van der Waals surface area (Å²) in [6.45, 7) is 7.20. The molecule has 1 N–H and O–H groups in total. The number of nitrogens with one attached hydrogen (secondary N) is 1. The number of morpholine rings is 1. The van der Waals surface area contributed by atoms with Crippen LogP contribution in [0, 0.1) is 13.8 Å². The van der Waals surface area contributed by atoms with Crippen LogP contribution in [0.15, 0.2) is 76.7 Å². The molecule has 8 heteroatoms. The molecule has 1 saturated heterocycles. The Morgan fingerprint density at radius 3 is 2.53 bits per heavy atom. The van der Waals surface area contributed by atoms with Crippen LogP contribution in [0.5, 0.6) is 0 Å². The van der Waals surface area contributed by atoms with E-state index >= 15 is 0 Å². The van der Waals surface area contributed by atoms with Gasteiger partial charge in [0.2, 0.25) is 5.91 Å². The summed E-state index contributed by atoms with van der Waals surface area (Å²) < 4.78 is 7.04. The van der Waals surface area contributed by atoms with Crippen molar-refractivity contribution in [2.24, 2.45) is 0 Å². The first-order valence-electron chi connectivity index (χ1n) is 11.9. The molecule has 7 nitrogen and oxygen atoms in total. The molecule has 1 aromatic heterocycles. The van der Waals surface area contributed by atoms with Crippen molar-refractivity contribution in [3.8, 4) is 5.69 Å². The third kappa shape index (κ3) is 5.01. The summed E-state index contributed by atoms with van der Waals surface area (Å²) in [4.78, 5) is 33.3. The molecule has 0 atom stereocenters. The van der Waals surface area contributed by atoms with Gasteiger partial charge in [0.25, 0.3) is 5.56 Å². The molecule has 2 heterocycles. The number of anilines is 2. The first-order chi connectivity index (χ1) is 17.5. The average molecular weight is 501 g/mol. The van der Waals surface area contributed by atoms with Crippen LogP contribution < -0.4 is 15.8 Å². The number of aromatic nitrogens is 2. The zero-order valence-electron chi connectivity index (χ0n) is 20.4. The van der Waals surface area contributed by atoms with Crippen molar-refractivity contribution in [2.45, 2.75) is 19.0 Å². The second-order valence-electron chi connectivity index (χ2n) is 8.75. The van der Waals surface area contributed by atoms with Gasteiger partial charge in [0, 0.05) is 24.5 Å². The summed E-state index contributed by atoms with van der Waals surface area (Å²) in [7, 11) is 0. The van der Waals surface area contributed by atoms with Gasteiger partial charge in [0.15, 0.2) is 5.16 Å². The molecule has 1 fully saturated rings. The molecular formula is C28H28N4O3S. The molecule has 1 aliphatic rings. The Hall–Kier alpha value is -3.62. The van der Waals surface area contributed by atoms with Crippen LogP contribution in [0.3, 0.4) is 0 Å². The van der Waals surface area contributed by atoms with E-state index in [4.69, 9.17) is 9.72 Å². The number of carbonyl (C=O) groups is 1. The van der Waals surface area contributed by atoms with Gasteiger partial charge in [-0.3, -0.25) is 14.2 Å². The normalized spacial score (nSPS) is 13.7. The molecule has 184 valence electrons. The Morgan fingerprint density at radius 2 is 1.75 bits per heavy atom. The lowest BCUT2D eigenvalue weighted by Crippen LogP contribution is -2.36. The topological polar surface area (TPSA) is 76.5 Å². The molecule has 1 aliphatic heterocycles. The van der Waals surface area contributed by atoms with E-state index in [1.807, 2.05) is 74.5 Å². The maximum Gasteiger partial charge on any atom is 0.266 e. The van der Waals surface area contributed by atoms with Crippen molar-refractivity contribution >= 4 is 39.9 Å². The zero-order chi connectivity index (χ0) is 25.1. The molecule has 3 aromatic carbocycles.